The van der Waals surface area contributed by atoms with Crippen LogP contribution in [0.1, 0.15) is 19.8 Å². The summed E-state index contributed by atoms with van der Waals surface area (Å²) >= 11 is 0. The lowest BCUT2D eigenvalue weighted by molar-refractivity contribution is 0.0185. The lowest BCUT2D eigenvalue weighted by Gasteiger charge is -2.25. The first-order chi connectivity index (χ1) is 7.25. The normalized spacial score (nSPS) is 35.8. The first-order valence-electron chi connectivity index (χ1n) is 6.26. The summed E-state index contributed by atoms with van der Waals surface area (Å²) in [6.07, 6.45) is 3.05. The van der Waals surface area contributed by atoms with Crippen molar-refractivity contribution in [2.24, 2.45) is 11.8 Å². The SMILES string of the molecule is CC1CC1CN(C)CCC1CNCCO1. The maximum absolute atomic E-state index is 5.68. The summed E-state index contributed by atoms with van der Waals surface area (Å²) in [5.74, 6) is 1.94. The molecule has 2 fully saturated rings. The highest BCUT2D eigenvalue weighted by atomic mass is 16.5. The van der Waals surface area contributed by atoms with Gasteiger partial charge in [-0.25, -0.2) is 0 Å². The summed E-state index contributed by atoms with van der Waals surface area (Å²) < 4.78 is 5.68. The van der Waals surface area contributed by atoms with E-state index in [-0.39, 0.29) is 0 Å². The summed E-state index contributed by atoms with van der Waals surface area (Å²) in [5, 5.41) is 3.38. The van der Waals surface area contributed by atoms with Gasteiger partial charge in [0.05, 0.1) is 12.7 Å². The van der Waals surface area contributed by atoms with E-state index in [0.29, 0.717) is 6.10 Å². The van der Waals surface area contributed by atoms with Crippen molar-refractivity contribution in [2.75, 3.05) is 39.8 Å². The van der Waals surface area contributed by atoms with Crippen molar-refractivity contribution in [1.82, 2.24) is 10.2 Å². The van der Waals surface area contributed by atoms with Gasteiger partial charge in [0.1, 0.15) is 0 Å². The van der Waals surface area contributed by atoms with E-state index in [2.05, 4.69) is 24.2 Å². The molecule has 0 aromatic heterocycles. The Morgan fingerprint density at radius 2 is 2.27 bits per heavy atom. The van der Waals surface area contributed by atoms with Gasteiger partial charge in [-0.2, -0.15) is 0 Å². The molecular formula is C12H24N2O. The molecule has 1 heterocycles. The number of ether oxygens (including phenoxy) is 1. The maximum atomic E-state index is 5.68. The zero-order valence-corrected chi connectivity index (χ0v) is 10.0. The molecule has 1 saturated heterocycles. The molecule has 2 aliphatic rings. The number of nitrogens with zero attached hydrogens (tertiary/aromatic N) is 1. The number of hydrogen-bond acceptors (Lipinski definition) is 3. The third kappa shape index (κ3) is 3.74. The van der Waals surface area contributed by atoms with Crippen molar-refractivity contribution in [2.45, 2.75) is 25.9 Å². The Morgan fingerprint density at radius 3 is 2.87 bits per heavy atom. The van der Waals surface area contributed by atoms with Crippen LogP contribution in [0.5, 0.6) is 0 Å². The second-order valence-electron chi connectivity index (χ2n) is 5.22. The predicted molar refractivity (Wildman–Crippen MR) is 62.0 cm³/mol. The Labute approximate surface area is 93.2 Å². The van der Waals surface area contributed by atoms with Gasteiger partial charge in [0.25, 0.3) is 0 Å². The quantitative estimate of drug-likeness (QED) is 0.734. The van der Waals surface area contributed by atoms with Crippen LogP contribution in [0.15, 0.2) is 0 Å². The van der Waals surface area contributed by atoms with Crippen molar-refractivity contribution in [3.63, 3.8) is 0 Å². The fourth-order valence-corrected chi connectivity index (χ4v) is 2.31. The second-order valence-corrected chi connectivity index (χ2v) is 5.22. The average Bonchev–Trinajstić information content (AvgIpc) is 2.93. The highest BCUT2D eigenvalue weighted by molar-refractivity contribution is 4.84. The van der Waals surface area contributed by atoms with Crippen LogP contribution in [-0.2, 0) is 4.74 Å². The predicted octanol–water partition coefficient (Wildman–Crippen LogP) is 0.953. The molecule has 1 saturated carbocycles. The fraction of sp³-hybridized carbons (Fsp3) is 1.00. The van der Waals surface area contributed by atoms with E-state index in [1.807, 2.05) is 0 Å². The highest BCUT2D eigenvalue weighted by Crippen LogP contribution is 2.37. The van der Waals surface area contributed by atoms with Crippen molar-refractivity contribution in [1.29, 1.82) is 0 Å². The first-order valence-corrected chi connectivity index (χ1v) is 6.26. The Balaban J connectivity index is 1.55. The van der Waals surface area contributed by atoms with Gasteiger partial charge in [0.2, 0.25) is 0 Å². The fourth-order valence-electron chi connectivity index (χ4n) is 2.31. The number of morpholine rings is 1. The molecule has 1 aliphatic carbocycles. The molecule has 3 unspecified atom stereocenters. The van der Waals surface area contributed by atoms with E-state index in [9.17, 15) is 0 Å². The van der Waals surface area contributed by atoms with E-state index >= 15 is 0 Å². The largest absolute Gasteiger partial charge is 0.376 e. The van der Waals surface area contributed by atoms with Crippen LogP contribution in [0.3, 0.4) is 0 Å². The Bertz CT molecular complexity index is 192. The minimum atomic E-state index is 0.442. The van der Waals surface area contributed by atoms with Gasteiger partial charge >= 0.3 is 0 Å². The minimum Gasteiger partial charge on any atom is -0.376 e. The molecule has 15 heavy (non-hydrogen) atoms. The lowest BCUT2D eigenvalue weighted by atomic mass is 10.2. The molecule has 0 radical (unpaired) electrons. The molecule has 3 heteroatoms. The summed E-state index contributed by atoms with van der Waals surface area (Å²) in [6.45, 7) is 7.75. The Morgan fingerprint density at radius 1 is 1.47 bits per heavy atom. The van der Waals surface area contributed by atoms with Gasteiger partial charge < -0.3 is 15.0 Å². The third-order valence-electron chi connectivity index (χ3n) is 3.66. The first kappa shape index (κ1) is 11.4. The van der Waals surface area contributed by atoms with E-state index in [0.717, 1.165) is 31.5 Å². The molecule has 1 aliphatic heterocycles. The molecule has 0 aromatic carbocycles. The van der Waals surface area contributed by atoms with Crippen LogP contribution >= 0.6 is 0 Å². The molecule has 2 rings (SSSR count). The van der Waals surface area contributed by atoms with Crippen LogP contribution in [0.2, 0.25) is 0 Å². The zero-order chi connectivity index (χ0) is 10.7. The number of hydrogen-bond donors (Lipinski definition) is 1. The van der Waals surface area contributed by atoms with Crippen LogP contribution in [0, 0.1) is 11.8 Å². The van der Waals surface area contributed by atoms with Gasteiger partial charge in [0.15, 0.2) is 0 Å². The van der Waals surface area contributed by atoms with Gasteiger partial charge in [-0.3, -0.25) is 0 Å². The van der Waals surface area contributed by atoms with E-state index in [4.69, 9.17) is 4.74 Å². The van der Waals surface area contributed by atoms with Gasteiger partial charge in [0, 0.05) is 26.2 Å². The molecule has 88 valence electrons. The molecule has 0 bridgehead atoms. The maximum Gasteiger partial charge on any atom is 0.0712 e. The van der Waals surface area contributed by atoms with Crippen LogP contribution in [-0.4, -0.2) is 50.8 Å². The second kappa shape index (κ2) is 5.28. The summed E-state index contributed by atoms with van der Waals surface area (Å²) in [7, 11) is 2.24. The highest BCUT2D eigenvalue weighted by Gasteiger charge is 2.33. The monoisotopic (exact) mass is 212 g/mol. The zero-order valence-electron chi connectivity index (χ0n) is 10.0. The molecule has 3 atom stereocenters. The Kier molecular flexibility index (Phi) is 4.00. The summed E-state index contributed by atoms with van der Waals surface area (Å²) in [6, 6.07) is 0. The van der Waals surface area contributed by atoms with Gasteiger partial charge in [-0.05, 0) is 31.7 Å². The van der Waals surface area contributed by atoms with Crippen LogP contribution in [0.4, 0.5) is 0 Å². The van der Waals surface area contributed by atoms with Crippen molar-refractivity contribution in [3.05, 3.63) is 0 Å². The van der Waals surface area contributed by atoms with E-state index in [1.54, 1.807) is 0 Å². The molecule has 0 spiro atoms. The summed E-state index contributed by atoms with van der Waals surface area (Å²) in [5.41, 5.74) is 0. The van der Waals surface area contributed by atoms with Gasteiger partial charge in [-0.15, -0.1) is 0 Å². The minimum absolute atomic E-state index is 0.442. The smallest absolute Gasteiger partial charge is 0.0712 e. The van der Waals surface area contributed by atoms with Crippen LogP contribution < -0.4 is 5.32 Å². The van der Waals surface area contributed by atoms with Gasteiger partial charge in [-0.1, -0.05) is 6.92 Å². The van der Waals surface area contributed by atoms with Crippen molar-refractivity contribution < 1.29 is 4.74 Å². The number of rotatable bonds is 5. The standard InChI is InChI=1S/C12H24N2O/c1-10-7-11(10)9-14(2)5-3-12-8-13-4-6-15-12/h10-13H,3-9H2,1-2H3. The molecule has 0 amide bonds. The van der Waals surface area contributed by atoms with Crippen molar-refractivity contribution >= 4 is 0 Å². The third-order valence-corrected chi connectivity index (χ3v) is 3.66. The number of nitrogens with one attached hydrogen (secondary N) is 1. The molecule has 3 nitrogen and oxygen atoms in total. The molecule has 1 N–H and O–H groups in total. The van der Waals surface area contributed by atoms with E-state index in [1.165, 1.54) is 25.9 Å². The average molecular weight is 212 g/mol. The molecule has 0 aromatic rings. The van der Waals surface area contributed by atoms with E-state index < -0.39 is 0 Å². The topological polar surface area (TPSA) is 24.5 Å². The Hall–Kier alpha value is -0.120. The van der Waals surface area contributed by atoms with Crippen LogP contribution in [0.25, 0.3) is 0 Å². The lowest BCUT2D eigenvalue weighted by Crippen LogP contribution is -2.40. The summed E-state index contributed by atoms with van der Waals surface area (Å²) in [4.78, 5) is 2.46. The molecular weight excluding hydrogens is 188 g/mol. The van der Waals surface area contributed by atoms with Crippen molar-refractivity contribution in [3.8, 4) is 0 Å².